The molecule has 0 aliphatic heterocycles. The molecule has 100 valence electrons. The van der Waals surface area contributed by atoms with Crippen LogP contribution in [0.4, 0.5) is 0 Å². The number of nitrogens with one attached hydrogen (secondary N) is 1. The Morgan fingerprint density at radius 3 is 2.61 bits per heavy atom. The summed E-state index contributed by atoms with van der Waals surface area (Å²) in [6, 6.07) is 7.74. The van der Waals surface area contributed by atoms with Gasteiger partial charge in [-0.15, -0.1) is 0 Å². The van der Waals surface area contributed by atoms with Gasteiger partial charge in [0.15, 0.2) is 0 Å². The van der Waals surface area contributed by atoms with Gasteiger partial charge in [0.1, 0.15) is 5.75 Å². The van der Waals surface area contributed by atoms with Gasteiger partial charge in [0.25, 0.3) is 0 Å². The highest BCUT2D eigenvalue weighted by atomic mass is 16.5. The van der Waals surface area contributed by atoms with Crippen LogP contribution in [0.25, 0.3) is 0 Å². The van der Waals surface area contributed by atoms with Crippen LogP contribution in [-0.4, -0.2) is 24.2 Å². The number of aliphatic carboxylic acids is 1. The van der Waals surface area contributed by atoms with E-state index in [9.17, 15) is 4.79 Å². The summed E-state index contributed by atoms with van der Waals surface area (Å²) in [7, 11) is 0. The lowest BCUT2D eigenvalue weighted by molar-refractivity contribution is -0.135. The van der Waals surface area contributed by atoms with E-state index < -0.39 is 5.97 Å². The van der Waals surface area contributed by atoms with Gasteiger partial charge in [0.05, 0.1) is 13.2 Å². The molecule has 2 N–H and O–H groups in total. The fraction of sp³-hybridized carbons (Fsp3) is 0.500. The molecule has 0 aliphatic carbocycles. The first-order valence-corrected chi connectivity index (χ1v) is 6.36. The average molecular weight is 251 g/mol. The van der Waals surface area contributed by atoms with Gasteiger partial charge in [-0.1, -0.05) is 31.9 Å². The summed E-state index contributed by atoms with van der Waals surface area (Å²) in [5.41, 5.74) is 1.05. The van der Waals surface area contributed by atoms with Gasteiger partial charge in [-0.3, -0.25) is 4.79 Å². The number of hydrogen-bond donors (Lipinski definition) is 2. The molecule has 1 aromatic rings. The molecule has 0 saturated carbocycles. The molecule has 0 saturated heterocycles. The molecule has 0 bridgehead atoms. The largest absolute Gasteiger partial charge is 0.494 e. The van der Waals surface area contributed by atoms with Gasteiger partial charge in [-0.25, -0.2) is 0 Å². The monoisotopic (exact) mass is 251 g/mol. The third-order valence-corrected chi connectivity index (χ3v) is 2.55. The number of unbranched alkanes of at least 4 members (excludes halogenated alkanes) is 2. The highest BCUT2D eigenvalue weighted by molar-refractivity contribution is 5.68. The molecule has 18 heavy (non-hydrogen) atoms. The van der Waals surface area contributed by atoms with Crippen LogP contribution in [0.2, 0.25) is 0 Å². The van der Waals surface area contributed by atoms with Gasteiger partial charge in [0.2, 0.25) is 0 Å². The lowest BCUT2D eigenvalue weighted by Gasteiger charge is -2.07. The van der Waals surface area contributed by atoms with E-state index in [1.165, 1.54) is 12.8 Å². The van der Waals surface area contributed by atoms with Crippen molar-refractivity contribution in [3.8, 4) is 5.75 Å². The lowest BCUT2D eigenvalue weighted by Crippen LogP contribution is -2.21. The molecular weight excluding hydrogens is 230 g/mol. The molecule has 0 aromatic heterocycles. The van der Waals surface area contributed by atoms with Gasteiger partial charge in [0, 0.05) is 6.54 Å². The van der Waals surface area contributed by atoms with Crippen LogP contribution in [0.15, 0.2) is 24.3 Å². The van der Waals surface area contributed by atoms with Crippen molar-refractivity contribution in [3.05, 3.63) is 29.8 Å². The molecule has 4 nitrogen and oxygen atoms in total. The van der Waals surface area contributed by atoms with Crippen LogP contribution >= 0.6 is 0 Å². The van der Waals surface area contributed by atoms with Crippen LogP contribution in [-0.2, 0) is 11.3 Å². The summed E-state index contributed by atoms with van der Waals surface area (Å²) >= 11 is 0. The average Bonchev–Trinajstić information content (AvgIpc) is 2.36. The maximum Gasteiger partial charge on any atom is 0.317 e. The zero-order valence-corrected chi connectivity index (χ0v) is 10.8. The number of carboxylic acids is 1. The smallest absolute Gasteiger partial charge is 0.317 e. The van der Waals surface area contributed by atoms with Crippen LogP contribution in [0.3, 0.4) is 0 Å². The molecule has 0 radical (unpaired) electrons. The minimum Gasteiger partial charge on any atom is -0.494 e. The predicted octanol–water partition coefficient (Wildman–Crippen LogP) is 2.43. The molecule has 1 aromatic carbocycles. The zero-order valence-electron chi connectivity index (χ0n) is 10.8. The van der Waals surface area contributed by atoms with E-state index in [2.05, 4.69) is 12.2 Å². The number of rotatable bonds is 9. The fourth-order valence-electron chi connectivity index (χ4n) is 1.56. The van der Waals surface area contributed by atoms with Crippen molar-refractivity contribution in [2.75, 3.05) is 13.2 Å². The zero-order chi connectivity index (χ0) is 13.2. The predicted molar refractivity (Wildman–Crippen MR) is 70.8 cm³/mol. The number of carboxylic acid groups (broad SMARTS) is 1. The second kappa shape index (κ2) is 8.53. The summed E-state index contributed by atoms with van der Waals surface area (Å²) in [6.07, 6.45) is 3.47. The van der Waals surface area contributed by atoms with E-state index in [-0.39, 0.29) is 6.54 Å². The third kappa shape index (κ3) is 6.25. The topological polar surface area (TPSA) is 58.6 Å². The van der Waals surface area contributed by atoms with Gasteiger partial charge < -0.3 is 15.2 Å². The molecular formula is C14H21NO3. The highest BCUT2D eigenvalue weighted by Gasteiger charge is 1.98. The van der Waals surface area contributed by atoms with E-state index in [4.69, 9.17) is 9.84 Å². The highest BCUT2D eigenvalue weighted by Crippen LogP contribution is 2.12. The maximum atomic E-state index is 10.3. The van der Waals surface area contributed by atoms with Crippen molar-refractivity contribution >= 4 is 5.97 Å². The normalized spacial score (nSPS) is 10.3. The Balaban J connectivity index is 2.26. The first-order valence-electron chi connectivity index (χ1n) is 6.36. The molecule has 0 unspecified atom stereocenters. The van der Waals surface area contributed by atoms with Crippen molar-refractivity contribution in [3.63, 3.8) is 0 Å². The van der Waals surface area contributed by atoms with Crippen molar-refractivity contribution in [2.24, 2.45) is 0 Å². The van der Waals surface area contributed by atoms with E-state index in [0.29, 0.717) is 6.54 Å². The van der Waals surface area contributed by atoms with Gasteiger partial charge >= 0.3 is 5.97 Å². The third-order valence-electron chi connectivity index (χ3n) is 2.55. The summed E-state index contributed by atoms with van der Waals surface area (Å²) in [6.45, 7) is 3.46. The van der Waals surface area contributed by atoms with E-state index in [1.807, 2.05) is 24.3 Å². The van der Waals surface area contributed by atoms with Crippen LogP contribution < -0.4 is 10.1 Å². The second-order valence-corrected chi connectivity index (χ2v) is 4.20. The van der Waals surface area contributed by atoms with Gasteiger partial charge in [-0.05, 0) is 24.1 Å². The molecule has 4 heteroatoms. The Morgan fingerprint density at radius 1 is 1.28 bits per heavy atom. The van der Waals surface area contributed by atoms with E-state index in [0.717, 1.165) is 24.3 Å². The number of hydrogen-bond acceptors (Lipinski definition) is 3. The number of benzene rings is 1. The van der Waals surface area contributed by atoms with E-state index in [1.54, 1.807) is 0 Å². The Morgan fingerprint density at radius 2 is 2.00 bits per heavy atom. The fourth-order valence-corrected chi connectivity index (χ4v) is 1.56. The quantitative estimate of drug-likeness (QED) is 0.662. The second-order valence-electron chi connectivity index (χ2n) is 4.20. The minimum absolute atomic E-state index is 0.0186. The molecule has 1 rings (SSSR count). The van der Waals surface area contributed by atoms with Crippen LogP contribution in [0.5, 0.6) is 5.75 Å². The summed E-state index contributed by atoms with van der Waals surface area (Å²) in [5, 5.41) is 11.3. The van der Waals surface area contributed by atoms with Crippen molar-refractivity contribution in [1.82, 2.24) is 5.32 Å². The van der Waals surface area contributed by atoms with E-state index >= 15 is 0 Å². The SMILES string of the molecule is CCCCCOc1ccc(CNCC(=O)O)cc1. The Labute approximate surface area is 108 Å². The van der Waals surface area contributed by atoms with Crippen molar-refractivity contribution in [2.45, 2.75) is 32.7 Å². The van der Waals surface area contributed by atoms with Gasteiger partial charge in [-0.2, -0.15) is 0 Å². The first-order chi connectivity index (χ1) is 8.72. The Hall–Kier alpha value is -1.55. The summed E-state index contributed by atoms with van der Waals surface area (Å²) in [4.78, 5) is 10.3. The molecule has 0 fully saturated rings. The lowest BCUT2D eigenvalue weighted by atomic mass is 10.2. The molecule has 0 aliphatic rings. The first kappa shape index (κ1) is 14.5. The van der Waals surface area contributed by atoms with Crippen molar-refractivity contribution < 1.29 is 14.6 Å². The summed E-state index contributed by atoms with van der Waals surface area (Å²) < 4.78 is 5.59. The number of carbonyl (C=O) groups is 1. The van der Waals surface area contributed by atoms with Crippen LogP contribution in [0.1, 0.15) is 31.7 Å². The molecule has 0 heterocycles. The Kier molecular flexibility index (Phi) is 6.87. The summed E-state index contributed by atoms with van der Waals surface area (Å²) in [5.74, 6) is 0.0268. The maximum absolute atomic E-state index is 10.3. The van der Waals surface area contributed by atoms with Crippen molar-refractivity contribution in [1.29, 1.82) is 0 Å². The minimum atomic E-state index is -0.842. The Bertz CT molecular complexity index is 349. The van der Waals surface area contributed by atoms with Crippen LogP contribution in [0, 0.1) is 0 Å². The number of ether oxygens (including phenoxy) is 1. The standard InChI is InChI=1S/C14H21NO3/c1-2-3-4-9-18-13-7-5-12(6-8-13)10-15-11-14(16)17/h5-8,15H,2-4,9-11H2,1H3,(H,16,17). The molecule has 0 amide bonds. The molecule has 0 spiro atoms. The molecule has 0 atom stereocenters.